The monoisotopic (exact) mass is 804 g/mol. The van der Waals surface area contributed by atoms with Crippen molar-refractivity contribution in [2.45, 2.75) is 120 Å². The van der Waals surface area contributed by atoms with Gasteiger partial charge in [-0.2, -0.15) is 13.2 Å². The summed E-state index contributed by atoms with van der Waals surface area (Å²) in [5.41, 5.74) is -3.00. The Morgan fingerprint density at radius 1 is 1.09 bits per heavy atom. The normalized spacial score (nSPS) is 29.8. The minimum Gasteiger partial charge on any atom is -0.497 e. The van der Waals surface area contributed by atoms with Crippen LogP contribution in [0.4, 0.5) is 18.0 Å². The van der Waals surface area contributed by atoms with Gasteiger partial charge in [0.2, 0.25) is 23.3 Å². The molecule has 8 atom stereocenters. The lowest BCUT2D eigenvalue weighted by Crippen LogP contribution is -2.59. The summed E-state index contributed by atoms with van der Waals surface area (Å²) in [6, 6.07) is 2.66. The van der Waals surface area contributed by atoms with Gasteiger partial charge < -0.3 is 34.5 Å². The lowest BCUT2D eigenvalue weighted by atomic mass is 9.92. The summed E-state index contributed by atoms with van der Waals surface area (Å²) in [7, 11) is 1.07. The zero-order chi connectivity index (χ0) is 40.6. The van der Waals surface area contributed by atoms with Gasteiger partial charge in [-0.1, -0.05) is 43.1 Å². The molecule has 3 N–H and O–H groups in total. The van der Waals surface area contributed by atoms with Crippen LogP contribution in [0.25, 0.3) is 11.0 Å². The van der Waals surface area contributed by atoms with Crippen molar-refractivity contribution in [2.75, 3.05) is 13.7 Å². The van der Waals surface area contributed by atoms with E-state index in [0.29, 0.717) is 47.7 Å². The lowest BCUT2D eigenvalue weighted by molar-refractivity contribution is -0.244. The first-order valence-electron chi connectivity index (χ1n) is 19.1. The summed E-state index contributed by atoms with van der Waals surface area (Å²) in [4.78, 5) is 66.6. The highest BCUT2D eigenvalue weighted by molar-refractivity contribution is 8.14. The Morgan fingerprint density at radius 2 is 1.84 bits per heavy atom. The predicted octanol–water partition coefficient (Wildman–Crippen LogP) is 5.59. The first-order valence-corrected chi connectivity index (χ1v) is 20.5. The van der Waals surface area contributed by atoms with Crippen LogP contribution in [0.3, 0.4) is 0 Å². The Balaban J connectivity index is 1.32. The average molecular weight is 805 g/mol. The fourth-order valence-electron chi connectivity index (χ4n) is 7.26. The number of allylic oxidation sites excluding steroid dienone is 1. The topological polar surface area (TPSA) is 161 Å². The van der Waals surface area contributed by atoms with Crippen LogP contribution in [0, 0.1) is 17.8 Å². The summed E-state index contributed by atoms with van der Waals surface area (Å²) in [6.07, 6.45) is 2.54. The van der Waals surface area contributed by atoms with Crippen molar-refractivity contribution in [2.24, 2.45) is 17.8 Å². The van der Waals surface area contributed by atoms with Gasteiger partial charge in [-0.25, -0.2) is 14.8 Å². The second kappa shape index (κ2) is 16.2. The maximum Gasteiger partial charge on any atom is 0.427 e. The number of fused-ring (bicyclic) bond motifs is 3. The molecule has 0 spiro atoms. The molecule has 1 saturated heterocycles. The molecule has 306 valence electrons. The third kappa shape index (κ3) is 9.07. The fraction of sp³-hybridized carbons (Fsp3) is 0.615. The summed E-state index contributed by atoms with van der Waals surface area (Å²) in [5, 5.41) is 7.80. The smallest absolute Gasteiger partial charge is 0.427 e. The molecule has 1 unspecified atom stereocenters. The number of alkyl halides is 3. The molecule has 2 aliphatic heterocycles. The Hall–Kier alpha value is -4.41. The van der Waals surface area contributed by atoms with Crippen LogP contribution in [0.15, 0.2) is 36.5 Å². The molecule has 0 bridgehead atoms. The molecule has 4 aliphatic rings. The molecule has 4 amide bonds. The molecule has 56 heavy (non-hydrogen) atoms. The molecular weight excluding hydrogens is 754 g/mol. The van der Waals surface area contributed by atoms with Gasteiger partial charge in [-0.15, -0.1) is 0 Å². The summed E-state index contributed by atoms with van der Waals surface area (Å²) >= 11 is 0. The second-order valence-electron chi connectivity index (χ2n) is 15.8. The molecule has 0 radical (unpaired) electrons. The van der Waals surface area contributed by atoms with Gasteiger partial charge in [-0.3, -0.25) is 14.4 Å². The number of carbonyl (C=O) groups excluding carboxylic acids is 4. The Morgan fingerprint density at radius 3 is 2.52 bits per heavy atom. The molecule has 3 fully saturated rings. The van der Waals surface area contributed by atoms with Crippen LogP contribution >= 0.6 is 10.7 Å². The Bertz CT molecular complexity index is 1910. The second-order valence-corrected chi connectivity index (χ2v) is 17.9. The first kappa shape index (κ1) is 41.2. The van der Waals surface area contributed by atoms with Gasteiger partial charge in [-0.05, 0) is 82.2 Å². The number of hydrogen-bond donors (Lipinski definition) is 3. The highest BCUT2D eigenvalue weighted by atomic mass is 32.2. The van der Waals surface area contributed by atoms with Crippen LogP contribution in [-0.2, 0) is 19.1 Å². The van der Waals surface area contributed by atoms with E-state index in [1.807, 2.05) is 31.4 Å². The number of ether oxygens (including phenoxy) is 3. The van der Waals surface area contributed by atoms with E-state index in [-0.39, 0.29) is 36.6 Å². The Labute approximate surface area is 326 Å². The fourth-order valence-corrected chi connectivity index (χ4v) is 8.97. The third-order valence-electron chi connectivity index (χ3n) is 11.1. The molecule has 13 nitrogen and oxygen atoms in total. The number of methoxy groups -OCH3 is 1. The predicted molar refractivity (Wildman–Crippen MR) is 205 cm³/mol. The zero-order valence-corrected chi connectivity index (χ0v) is 33.3. The Kier molecular flexibility index (Phi) is 11.9. The van der Waals surface area contributed by atoms with E-state index in [2.05, 4.69) is 25.3 Å². The van der Waals surface area contributed by atoms with Crippen LogP contribution in [-0.4, -0.2) is 98.5 Å². The SMILES string of the molecule is C/C=S(/NC(=O)[C@@]12C[C@H]1/C=C\[C@@H](C)CCC[C@@H](C)[C@H](NC(=O)OC(C)(C)C(F)(F)F)C(=O)N1C[C@H](Oc3cnc4ccc(OC)cc4n3)C[C@H]1C(=O)N2)C1CC1. The number of nitrogens with zero attached hydrogens (tertiary/aromatic N) is 3. The standard InChI is InChI=1S/C39H51F3N6O7S/c1-7-56(27-14-15-27)47-35(51)38-19-24(38)12-11-22(2)9-8-10-23(3)32(45-36(52)55-37(4,5)39(40,41)42)34(50)48-21-26(18-30(48)33(49)46-38)54-31-20-43-28-16-13-25(53-6)17-29(28)44-31/h7,11-13,16-17,20,22-24,26-27,30,32H,8-10,14-15,18-19,21H2,1-6H3,(H,45,52)(H,46,49)(H,47,51)/b12-11-/t22-,23+,24+,26+,30-,32-,38+,56?/m0/s1. The van der Waals surface area contributed by atoms with Gasteiger partial charge in [0.15, 0.2) is 0 Å². The van der Waals surface area contributed by atoms with Crippen molar-refractivity contribution >= 4 is 50.9 Å². The van der Waals surface area contributed by atoms with Crippen LogP contribution in [0.5, 0.6) is 11.6 Å². The van der Waals surface area contributed by atoms with Crippen molar-refractivity contribution in [1.82, 2.24) is 30.2 Å². The minimum absolute atomic E-state index is 0.00746. The van der Waals surface area contributed by atoms with Crippen molar-refractivity contribution in [3.8, 4) is 11.6 Å². The molecule has 2 aromatic rings. The van der Waals surface area contributed by atoms with Crippen molar-refractivity contribution in [1.29, 1.82) is 0 Å². The highest BCUT2D eigenvalue weighted by Gasteiger charge is 2.61. The van der Waals surface area contributed by atoms with E-state index < -0.39 is 70.0 Å². The van der Waals surface area contributed by atoms with E-state index in [1.54, 1.807) is 25.1 Å². The minimum atomic E-state index is -4.87. The molecular formula is C39H51F3N6O7S. The summed E-state index contributed by atoms with van der Waals surface area (Å²) in [6.45, 7) is 6.98. The quantitative estimate of drug-likeness (QED) is 0.228. The molecule has 6 rings (SSSR count). The molecule has 17 heteroatoms. The highest BCUT2D eigenvalue weighted by Crippen LogP contribution is 2.47. The van der Waals surface area contributed by atoms with Gasteiger partial charge in [0.1, 0.15) is 29.5 Å². The molecule has 1 aromatic carbocycles. The average Bonchev–Trinajstić information content (AvgIpc) is 4.07. The van der Waals surface area contributed by atoms with Crippen molar-refractivity contribution in [3.05, 3.63) is 36.5 Å². The zero-order valence-electron chi connectivity index (χ0n) is 32.5. The van der Waals surface area contributed by atoms with Gasteiger partial charge in [0, 0.05) is 23.7 Å². The van der Waals surface area contributed by atoms with E-state index in [1.165, 1.54) is 18.2 Å². The number of aromatic nitrogens is 2. The van der Waals surface area contributed by atoms with Crippen molar-refractivity contribution in [3.63, 3.8) is 0 Å². The third-order valence-corrected chi connectivity index (χ3v) is 13.2. The van der Waals surface area contributed by atoms with Crippen LogP contribution < -0.4 is 24.8 Å². The van der Waals surface area contributed by atoms with E-state index in [4.69, 9.17) is 14.2 Å². The number of carbonyl (C=O) groups is 4. The number of nitrogens with one attached hydrogen (secondary N) is 3. The lowest BCUT2D eigenvalue weighted by Gasteiger charge is -2.33. The molecule has 1 aromatic heterocycles. The number of alkyl carbamates (subject to hydrolysis) is 1. The van der Waals surface area contributed by atoms with Crippen molar-refractivity contribution < 1.29 is 46.6 Å². The van der Waals surface area contributed by atoms with Crippen LogP contribution in [0.2, 0.25) is 0 Å². The van der Waals surface area contributed by atoms with Gasteiger partial charge in [0.05, 0.1) is 30.9 Å². The van der Waals surface area contributed by atoms with Gasteiger partial charge in [0.25, 0.3) is 5.91 Å². The number of halogens is 3. The summed E-state index contributed by atoms with van der Waals surface area (Å²) in [5.74, 6) is -1.63. The maximum absolute atomic E-state index is 14.7. The van der Waals surface area contributed by atoms with E-state index >= 15 is 0 Å². The van der Waals surface area contributed by atoms with E-state index in [0.717, 1.165) is 26.7 Å². The maximum atomic E-state index is 14.7. The molecule has 3 heterocycles. The molecule has 2 aliphatic carbocycles. The first-order chi connectivity index (χ1) is 26.4. The van der Waals surface area contributed by atoms with Gasteiger partial charge >= 0.3 is 12.3 Å². The number of amides is 4. The number of hydrogen-bond acceptors (Lipinski definition) is 9. The largest absolute Gasteiger partial charge is 0.497 e. The van der Waals surface area contributed by atoms with Crippen LogP contribution in [0.1, 0.15) is 79.6 Å². The number of benzene rings is 1. The number of rotatable bonds is 8. The van der Waals surface area contributed by atoms with E-state index in [9.17, 15) is 32.3 Å². The summed E-state index contributed by atoms with van der Waals surface area (Å²) < 4.78 is 60.6. The molecule has 2 saturated carbocycles.